The first kappa shape index (κ1) is 14.2. The molecule has 0 fully saturated rings. The average molecular weight is 342 g/mol. The van der Waals surface area contributed by atoms with Crippen molar-refractivity contribution in [3.8, 4) is 0 Å². The number of hydrogen-bond donors (Lipinski definition) is 1. The van der Waals surface area contributed by atoms with E-state index in [0.29, 0.717) is 16.6 Å². The van der Waals surface area contributed by atoms with Gasteiger partial charge in [0.2, 0.25) is 0 Å². The zero-order valence-electron chi connectivity index (χ0n) is 10.6. The van der Waals surface area contributed by atoms with Crippen LogP contribution in [0.5, 0.6) is 0 Å². The molecule has 0 unspecified atom stereocenters. The molecule has 0 aliphatic rings. The second kappa shape index (κ2) is 5.84. The van der Waals surface area contributed by atoms with Crippen LogP contribution in [0.2, 0.25) is 0 Å². The van der Waals surface area contributed by atoms with E-state index in [2.05, 4.69) is 34.2 Å². The highest BCUT2D eigenvalue weighted by Crippen LogP contribution is 2.21. The molecule has 1 aromatic heterocycles. The second-order valence-corrected chi connectivity index (χ2v) is 6.46. The van der Waals surface area contributed by atoms with Crippen LogP contribution in [0.4, 0.5) is 4.39 Å². The molecule has 5 heteroatoms. The molecule has 0 radical (unpaired) electrons. The van der Waals surface area contributed by atoms with Gasteiger partial charge in [-0.1, -0.05) is 0 Å². The largest absolute Gasteiger partial charge is 0.347 e. The van der Waals surface area contributed by atoms with E-state index in [9.17, 15) is 9.18 Å². The summed E-state index contributed by atoms with van der Waals surface area (Å²) in [6.45, 7) is 4.60. The van der Waals surface area contributed by atoms with Gasteiger partial charge >= 0.3 is 0 Å². The predicted molar refractivity (Wildman–Crippen MR) is 79.1 cm³/mol. The first-order valence-electron chi connectivity index (χ1n) is 5.76. The van der Waals surface area contributed by atoms with E-state index >= 15 is 0 Å². The molecule has 2 rings (SSSR count). The molecule has 100 valence electrons. The normalized spacial score (nSPS) is 10.5. The molecule has 0 aliphatic carbocycles. The summed E-state index contributed by atoms with van der Waals surface area (Å²) in [4.78, 5) is 14.3. The summed E-state index contributed by atoms with van der Waals surface area (Å²) in [6.07, 6.45) is 0. The molecule has 0 spiro atoms. The van der Waals surface area contributed by atoms with Gasteiger partial charge in [-0.15, -0.1) is 11.3 Å². The third-order valence-corrected chi connectivity index (χ3v) is 4.58. The number of hydrogen-bond acceptors (Lipinski definition) is 2. The summed E-state index contributed by atoms with van der Waals surface area (Å²) in [5.74, 6) is -0.578. The fraction of sp³-hybridized carbons (Fsp3) is 0.214. The number of carbonyl (C=O) groups is 1. The third-order valence-electron chi connectivity index (χ3n) is 2.82. The average Bonchev–Trinajstić information content (AvgIpc) is 2.69. The summed E-state index contributed by atoms with van der Waals surface area (Å²) in [5.41, 5.74) is 1.68. The van der Waals surface area contributed by atoms with Crippen molar-refractivity contribution >= 4 is 33.2 Å². The lowest BCUT2D eigenvalue weighted by molar-refractivity contribution is 0.0951. The molecule has 1 heterocycles. The Kier molecular flexibility index (Phi) is 4.37. The van der Waals surface area contributed by atoms with E-state index in [1.807, 2.05) is 6.92 Å². The van der Waals surface area contributed by atoms with Crippen molar-refractivity contribution in [1.29, 1.82) is 0 Å². The molecular weight excluding hydrogens is 329 g/mol. The van der Waals surface area contributed by atoms with Crippen LogP contribution in [0.15, 0.2) is 28.7 Å². The zero-order chi connectivity index (χ0) is 14.0. The predicted octanol–water partition coefficient (Wildman–Crippen LogP) is 4.20. The molecule has 0 aliphatic heterocycles. The fourth-order valence-electron chi connectivity index (χ4n) is 1.64. The number of benzene rings is 1. The van der Waals surface area contributed by atoms with Crippen LogP contribution < -0.4 is 5.32 Å². The number of aryl methyl sites for hydroxylation is 2. The maximum atomic E-state index is 13.1. The Morgan fingerprint density at radius 2 is 2.11 bits per heavy atom. The molecule has 1 amide bonds. The van der Waals surface area contributed by atoms with E-state index in [1.165, 1.54) is 28.6 Å². The molecule has 0 saturated carbocycles. The molecule has 0 atom stereocenters. The molecule has 19 heavy (non-hydrogen) atoms. The summed E-state index contributed by atoms with van der Waals surface area (Å²) in [6, 6.07) is 6.30. The Morgan fingerprint density at radius 1 is 1.37 bits per heavy atom. The monoisotopic (exact) mass is 341 g/mol. The maximum Gasteiger partial charge on any atom is 0.251 e. The van der Waals surface area contributed by atoms with Gasteiger partial charge in [0.1, 0.15) is 5.82 Å². The van der Waals surface area contributed by atoms with Gasteiger partial charge in [0, 0.05) is 15.3 Å². The van der Waals surface area contributed by atoms with Crippen LogP contribution in [0.25, 0.3) is 0 Å². The molecule has 1 N–H and O–H groups in total. The number of rotatable bonds is 3. The van der Waals surface area contributed by atoms with E-state index in [4.69, 9.17) is 0 Å². The summed E-state index contributed by atoms with van der Waals surface area (Å²) >= 11 is 4.74. The Morgan fingerprint density at radius 3 is 2.68 bits per heavy atom. The Labute approximate surface area is 123 Å². The Bertz CT molecular complexity index is 604. The first-order chi connectivity index (χ1) is 8.97. The van der Waals surface area contributed by atoms with E-state index in [0.717, 1.165) is 4.88 Å². The number of carbonyl (C=O) groups excluding carboxylic acids is 1. The highest BCUT2D eigenvalue weighted by Gasteiger charge is 2.09. The minimum atomic E-state index is -0.374. The summed E-state index contributed by atoms with van der Waals surface area (Å²) < 4.78 is 13.4. The molecule has 2 nitrogen and oxygen atoms in total. The number of halogens is 2. The molecule has 0 bridgehead atoms. The van der Waals surface area contributed by atoms with Gasteiger partial charge in [-0.3, -0.25) is 4.79 Å². The van der Waals surface area contributed by atoms with Crippen molar-refractivity contribution in [2.24, 2.45) is 0 Å². The van der Waals surface area contributed by atoms with Gasteiger partial charge in [-0.2, -0.15) is 0 Å². The van der Waals surface area contributed by atoms with Crippen LogP contribution >= 0.6 is 27.3 Å². The number of nitrogens with one attached hydrogen (secondary N) is 1. The standard InChI is InChI=1S/C14H13BrFNOS/c1-8-5-11(19-9(8)2)7-17-14(18)10-3-4-13(16)12(15)6-10/h3-6H,7H2,1-2H3,(H,17,18). The SMILES string of the molecule is Cc1cc(CNC(=O)c2ccc(F)c(Br)c2)sc1C. The number of amides is 1. The highest BCUT2D eigenvalue weighted by molar-refractivity contribution is 9.10. The quantitative estimate of drug-likeness (QED) is 0.890. The van der Waals surface area contributed by atoms with Crippen molar-refractivity contribution in [2.75, 3.05) is 0 Å². The fourth-order valence-corrected chi connectivity index (χ4v) is 3.02. The van der Waals surface area contributed by atoms with Crippen molar-refractivity contribution < 1.29 is 9.18 Å². The lowest BCUT2D eigenvalue weighted by Gasteiger charge is -2.04. The van der Waals surface area contributed by atoms with E-state index in [-0.39, 0.29) is 11.7 Å². The van der Waals surface area contributed by atoms with Gasteiger partial charge < -0.3 is 5.32 Å². The lowest BCUT2D eigenvalue weighted by Crippen LogP contribution is -2.22. The smallest absolute Gasteiger partial charge is 0.251 e. The summed E-state index contributed by atoms with van der Waals surface area (Å²) in [5, 5.41) is 2.83. The van der Waals surface area contributed by atoms with Crippen LogP contribution in [-0.4, -0.2) is 5.91 Å². The zero-order valence-corrected chi connectivity index (χ0v) is 13.0. The van der Waals surface area contributed by atoms with Gasteiger partial charge in [-0.05, 0) is 59.6 Å². The second-order valence-electron chi connectivity index (χ2n) is 4.26. The van der Waals surface area contributed by atoms with Gasteiger partial charge in [0.15, 0.2) is 0 Å². The van der Waals surface area contributed by atoms with Crippen molar-refractivity contribution in [3.63, 3.8) is 0 Å². The third kappa shape index (κ3) is 3.42. The van der Waals surface area contributed by atoms with Gasteiger partial charge in [0.25, 0.3) is 5.91 Å². The lowest BCUT2D eigenvalue weighted by atomic mass is 10.2. The minimum Gasteiger partial charge on any atom is -0.347 e. The maximum absolute atomic E-state index is 13.1. The van der Waals surface area contributed by atoms with Crippen LogP contribution in [0.3, 0.4) is 0 Å². The van der Waals surface area contributed by atoms with Gasteiger partial charge in [-0.25, -0.2) is 4.39 Å². The van der Waals surface area contributed by atoms with Crippen molar-refractivity contribution in [3.05, 3.63) is 55.4 Å². The Hall–Kier alpha value is -1.20. The van der Waals surface area contributed by atoms with Crippen LogP contribution in [0, 0.1) is 19.7 Å². The highest BCUT2D eigenvalue weighted by atomic mass is 79.9. The molecule has 1 aromatic carbocycles. The minimum absolute atomic E-state index is 0.204. The van der Waals surface area contributed by atoms with Crippen molar-refractivity contribution in [2.45, 2.75) is 20.4 Å². The van der Waals surface area contributed by atoms with Gasteiger partial charge in [0.05, 0.1) is 11.0 Å². The van der Waals surface area contributed by atoms with Crippen LogP contribution in [0.1, 0.15) is 25.7 Å². The van der Waals surface area contributed by atoms with Crippen LogP contribution in [-0.2, 0) is 6.54 Å². The molecule has 2 aromatic rings. The summed E-state index contributed by atoms with van der Waals surface area (Å²) in [7, 11) is 0. The van der Waals surface area contributed by atoms with E-state index in [1.54, 1.807) is 11.3 Å². The number of thiophene rings is 1. The van der Waals surface area contributed by atoms with Crippen molar-refractivity contribution in [1.82, 2.24) is 5.32 Å². The topological polar surface area (TPSA) is 29.1 Å². The molecular formula is C14H13BrFNOS. The van der Waals surface area contributed by atoms with E-state index < -0.39 is 0 Å². The molecule has 0 saturated heterocycles. The first-order valence-corrected chi connectivity index (χ1v) is 7.37. The Balaban J connectivity index is 2.03.